The third-order valence-corrected chi connectivity index (χ3v) is 2.95. The van der Waals surface area contributed by atoms with Crippen molar-refractivity contribution >= 4 is 6.09 Å². The minimum absolute atomic E-state index is 0.189. The monoisotopic (exact) mass is 235 g/mol. The van der Waals surface area contributed by atoms with E-state index in [1.165, 1.54) is 0 Å². The largest absolute Gasteiger partial charge is 0.449 e. The molecule has 1 aliphatic rings. The molecule has 2 N–H and O–H groups in total. The van der Waals surface area contributed by atoms with Crippen LogP contribution in [0.4, 0.5) is 4.79 Å². The summed E-state index contributed by atoms with van der Waals surface area (Å²) in [6.07, 6.45) is 4.88. The Morgan fingerprint density at radius 1 is 1.47 bits per heavy atom. The lowest BCUT2D eigenvalue weighted by molar-refractivity contribution is 0.0388. The van der Waals surface area contributed by atoms with Gasteiger partial charge < -0.3 is 15.4 Å². The first-order valence-corrected chi connectivity index (χ1v) is 5.83. The number of carbonyl (C=O) groups excluding carboxylic acids is 1. The van der Waals surface area contributed by atoms with Gasteiger partial charge in [-0.3, -0.25) is 4.98 Å². The van der Waals surface area contributed by atoms with Crippen LogP contribution in [0.25, 0.3) is 0 Å². The molecule has 2 rings (SSSR count). The summed E-state index contributed by atoms with van der Waals surface area (Å²) in [6, 6.07) is 4.00. The van der Waals surface area contributed by atoms with Crippen molar-refractivity contribution in [3.8, 4) is 0 Å². The maximum Gasteiger partial charge on any atom is 0.410 e. The van der Waals surface area contributed by atoms with Gasteiger partial charge in [0.25, 0.3) is 0 Å². The Bertz CT molecular complexity index is 367. The third kappa shape index (κ3) is 2.94. The topological polar surface area (TPSA) is 68.5 Å². The maximum absolute atomic E-state index is 11.7. The lowest BCUT2D eigenvalue weighted by Crippen LogP contribution is -2.45. The number of hydrogen-bond donors (Lipinski definition) is 1. The summed E-state index contributed by atoms with van der Waals surface area (Å²) in [5.74, 6) is 0. The summed E-state index contributed by atoms with van der Waals surface area (Å²) in [6.45, 7) is 1.65. The number of hydrogen-bond acceptors (Lipinski definition) is 4. The number of rotatable bonds is 4. The smallest absolute Gasteiger partial charge is 0.410 e. The van der Waals surface area contributed by atoms with Gasteiger partial charge in [-0.1, -0.05) is 0 Å². The number of pyridine rings is 1. The van der Waals surface area contributed by atoms with E-state index in [2.05, 4.69) is 4.98 Å². The molecule has 0 radical (unpaired) electrons. The Balaban J connectivity index is 2.07. The van der Waals surface area contributed by atoms with Crippen molar-refractivity contribution in [2.24, 2.45) is 5.73 Å². The molecule has 0 saturated carbocycles. The van der Waals surface area contributed by atoms with Gasteiger partial charge in [-0.25, -0.2) is 4.79 Å². The third-order valence-electron chi connectivity index (χ3n) is 2.95. The van der Waals surface area contributed by atoms with Crippen molar-refractivity contribution in [2.45, 2.75) is 25.4 Å². The van der Waals surface area contributed by atoms with Crippen LogP contribution in [0.1, 0.15) is 18.4 Å². The fourth-order valence-corrected chi connectivity index (χ4v) is 2.04. The summed E-state index contributed by atoms with van der Waals surface area (Å²) < 4.78 is 5.07. The standard InChI is InChI=1S/C12H17N3O2/c13-5-1-11-4-8-17-12(16)15(11)9-10-2-6-14-7-3-10/h2-3,6-7,11H,1,4-5,8-9,13H2. The predicted molar refractivity (Wildman–Crippen MR) is 63.2 cm³/mol. The second-order valence-corrected chi connectivity index (χ2v) is 4.12. The SMILES string of the molecule is NCCC1CCOC(=O)N1Cc1ccncc1. The molecule has 1 atom stereocenters. The van der Waals surface area contributed by atoms with Gasteiger partial charge in [0.15, 0.2) is 0 Å². The lowest BCUT2D eigenvalue weighted by Gasteiger charge is -2.34. The molecule has 1 fully saturated rings. The first-order valence-electron chi connectivity index (χ1n) is 5.83. The second kappa shape index (κ2) is 5.63. The van der Waals surface area contributed by atoms with Crippen molar-refractivity contribution in [3.05, 3.63) is 30.1 Å². The van der Waals surface area contributed by atoms with Crippen molar-refractivity contribution in [1.82, 2.24) is 9.88 Å². The first-order chi connectivity index (χ1) is 8.31. The molecule has 1 aromatic rings. The maximum atomic E-state index is 11.7. The molecule has 1 aliphatic heterocycles. The molecule has 5 heteroatoms. The summed E-state index contributed by atoms with van der Waals surface area (Å²) in [7, 11) is 0. The Hall–Kier alpha value is -1.62. The molecule has 1 unspecified atom stereocenters. The first kappa shape index (κ1) is 11.9. The zero-order chi connectivity index (χ0) is 12.1. The van der Waals surface area contributed by atoms with Crippen molar-refractivity contribution in [2.75, 3.05) is 13.2 Å². The van der Waals surface area contributed by atoms with Gasteiger partial charge in [0.2, 0.25) is 0 Å². The average Bonchev–Trinajstić information content (AvgIpc) is 2.35. The van der Waals surface area contributed by atoms with Crippen molar-refractivity contribution in [3.63, 3.8) is 0 Å². The normalized spacial score (nSPS) is 20.2. The van der Waals surface area contributed by atoms with E-state index in [0.717, 1.165) is 18.4 Å². The molecule has 1 saturated heterocycles. The van der Waals surface area contributed by atoms with Crippen LogP contribution in [-0.4, -0.2) is 35.2 Å². The molecule has 17 heavy (non-hydrogen) atoms. The zero-order valence-electron chi connectivity index (χ0n) is 9.71. The fourth-order valence-electron chi connectivity index (χ4n) is 2.04. The molecule has 1 aromatic heterocycles. The molecule has 92 valence electrons. The number of aromatic nitrogens is 1. The highest BCUT2D eigenvalue weighted by molar-refractivity contribution is 5.68. The van der Waals surface area contributed by atoms with Gasteiger partial charge in [-0.05, 0) is 30.7 Å². The van der Waals surface area contributed by atoms with E-state index >= 15 is 0 Å². The number of amides is 1. The number of cyclic esters (lactones) is 1. The summed E-state index contributed by atoms with van der Waals surface area (Å²) in [4.78, 5) is 17.4. The number of ether oxygens (including phenoxy) is 1. The minimum Gasteiger partial charge on any atom is -0.449 e. The molecule has 0 aromatic carbocycles. The number of nitrogens with two attached hydrogens (primary N) is 1. The summed E-state index contributed by atoms with van der Waals surface area (Å²) in [5, 5.41) is 0. The zero-order valence-corrected chi connectivity index (χ0v) is 9.71. The van der Waals surface area contributed by atoms with Gasteiger partial charge in [0, 0.05) is 31.4 Å². The van der Waals surface area contributed by atoms with Gasteiger partial charge >= 0.3 is 6.09 Å². The predicted octanol–water partition coefficient (Wildman–Crippen LogP) is 1.14. The quantitative estimate of drug-likeness (QED) is 0.849. The summed E-state index contributed by atoms with van der Waals surface area (Å²) in [5.41, 5.74) is 6.63. The second-order valence-electron chi connectivity index (χ2n) is 4.12. The van der Waals surface area contributed by atoms with Gasteiger partial charge in [0.1, 0.15) is 0 Å². The summed E-state index contributed by atoms with van der Waals surface area (Å²) >= 11 is 0. The average molecular weight is 235 g/mol. The van der Waals surface area contributed by atoms with Gasteiger partial charge in [-0.2, -0.15) is 0 Å². The molecule has 5 nitrogen and oxygen atoms in total. The molecular formula is C12H17N3O2. The molecule has 1 amide bonds. The van der Waals surface area contributed by atoms with E-state index in [1.54, 1.807) is 17.3 Å². The highest BCUT2D eigenvalue weighted by Gasteiger charge is 2.28. The van der Waals surface area contributed by atoms with Crippen LogP contribution >= 0.6 is 0 Å². The van der Waals surface area contributed by atoms with Crippen LogP contribution in [0.5, 0.6) is 0 Å². The highest BCUT2D eigenvalue weighted by atomic mass is 16.6. The van der Waals surface area contributed by atoms with E-state index in [9.17, 15) is 4.79 Å². The van der Waals surface area contributed by atoms with E-state index in [1.807, 2.05) is 12.1 Å². The minimum atomic E-state index is -0.244. The van der Waals surface area contributed by atoms with Gasteiger partial charge in [-0.15, -0.1) is 0 Å². The lowest BCUT2D eigenvalue weighted by atomic mass is 10.1. The Morgan fingerprint density at radius 2 is 2.24 bits per heavy atom. The molecular weight excluding hydrogens is 218 g/mol. The van der Waals surface area contributed by atoms with Crippen LogP contribution in [0, 0.1) is 0 Å². The molecule has 0 spiro atoms. The van der Waals surface area contributed by atoms with Crippen LogP contribution in [0.3, 0.4) is 0 Å². The van der Waals surface area contributed by atoms with Crippen molar-refractivity contribution in [1.29, 1.82) is 0 Å². The van der Waals surface area contributed by atoms with Gasteiger partial charge in [0.05, 0.1) is 6.61 Å². The van der Waals surface area contributed by atoms with E-state index in [0.29, 0.717) is 19.7 Å². The van der Waals surface area contributed by atoms with Crippen LogP contribution < -0.4 is 5.73 Å². The van der Waals surface area contributed by atoms with Crippen molar-refractivity contribution < 1.29 is 9.53 Å². The molecule has 0 bridgehead atoms. The van der Waals surface area contributed by atoms with Crippen LogP contribution in [0.2, 0.25) is 0 Å². The molecule has 2 heterocycles. The van der Waals surface area contributed by atoms with E-state index < -0.39 is 0 Å². The van der Waals surface area contributed by atoms with E-state index in [4.69, 9.17) is 10.5 Å². The Labute approximate surface area is 101 Å². The van der Waals surface area contributed by atoms with E-state index in [-0.39, 0.29) is 12.1 Å². The Kier molecular flexibility index (Phi) is 3.93. The van der Waals surface area contributed by atoms with Crippen LogP contribution in [0.15, 0.2) is 24.5 Å². The van der Waals surface area contributed by atoms with Crippen LogP contribution in [-0.2, 0) is 11.3 Å². The number of carbonyl (C=O) groups is 1. The molecule has 0 aliphatic carbocycles. The highest BCUT2D eigenvalue weighted by Crippen LogP contribution is 2.18. The Morgan fingerprint density at radius 3 is 2.94 bits per heavy atom. The number of nitrogens with zero attached hydrogens (tertiary/aromatic N) is 2. The fraction of sp³-hybridized carbons (Fsp3) is 0.500.